The third kappa shape index (κ3) is 1.77. The maximum atomic E-state index is 11.1. The Kier molecular flexibility index (Phi) is 2.86. The molecule has 3 heteroatoms. The van der Waals surface area contributed by atoms with E-state index in [-0.39, 0.29) is 17.6 Å². The Bertz CT molecular complexity index is 377. The van der Waals surface area contributed by atoms with E-state index in [1.54, 1.807) is 0 Å². The van der Waals surface area contributed by atoms with Crippen LogP contribution in [-0.4, -0.2) is 18.7 Å². The van der Waals surface area contributed by atoms with E-state index in [9.17, 15) is 4.79 Å². The minimum absolute atomic E-state index is 0.0765. The van der Waals surface area contributed by atoms with Crippen LogP contribution in [0.15, 0.2) is 30.3 Å². The first-order valence-electron chi connectivity index (χ1n) is 5.67. The summed E-state index contributed by atoms with van der Waals surface area (Å²) in [6.07, 6.45) is 0.560. The van der Waals surface area contributed by atoms with E-state index in [1.807, 2.05) is 18.2 Å². The molecule has 0 spiro atoms. The molecule has 1 aliphatic rings. The number of nitrogens with one attached hydrogen (secondary N) is 1. The molecule has 1 aliphatic heterocycles. The average molecular weight is 219 g/mol. The monoisotopic (exact) mass is 219 g/mol. The van der Waals surface area contributed by atoms with E-state index in [2.05, 4.69) is 31.3 Å². The van der Waals surface area contributed by atoms with Crippen molar-refractivity contribution in [1.29, 1.82) is 0 Å². The second kappa shape index (κ2) is 4.16. The van der Waals surface area contributed by atoms with Gasteiger partial charge in [0.25, 0.3) is 0 Å². The zero-order chi connectivity index (χ0) is 11.6. The zero-order valence-corrected chi connectivity index (χ0v) is 9.69. The molecular weight excluding hydrogens is 202 g/mol. The molecule has 86 valence electrons. The van der Waals surface area contributed by atoms with Crippen LogP contribution < -0.4 is 5.32 Å². The molecule has 1 fully saturated rings. The highest BCUT2D eigenvalue weighted by Crippen LogP contribution is 2.34. The Balaban J connectivity index is 2.29. The lowest BCUT2D eigenvalue weighted by atomic mass is 9.75. The van der Waals surface area contributed by atoms with Gasteiger partial charge in [0, 0.05) is 5.41 Å². The van der Waals surface area contributed by atoms with Crippen molar-refractivity contribution in [2.24, 2.45) is 0 Å². The fourth-order valence-corrected chi connectivity index (χ4v) is 2.18. The van der Waals surface area contributed by atoms with Crippen molar-refractivity contribution < 1.29 is 9.53 Å². The highest BCUT2D eigenvalue weighted by atomic mass is 16.6. The van der Waals surface area contributed by atoms with Crippen molar-refractivity contribution in [3.05, 3.63) is 35.9 Å². The summed E-state index contributed by atoms with van der Waals surface area (Å²) >= 11 is 0. The van der Waals surface area contributed by atoms with Gasteiger partial charge in [0.05, 0.1) is 6.54 Å². The minimum atomic E-state index is -0.305. The number of amides is 1. The van der Waals surface area contributed by atoms with E-state index < -0.39 is 0 Å². The predicted octanol–water partition coefficient (Wildman–Crippen LogP) is 2.46. The number of hydrogen-bond acceptors (Lipinski definition) is 2. The van der Waals surface area contributed by atoms with Gasteiger partial charge in [-0.05, 0) is 12.0 Å². The minimum Gasteiger partial charge on any atom is -0.443 e. The van der Waals surface area contributed by atoms with Gasteiger partial charge < -0.3 is 10.1 Å². The first-order chi connectivity index (χ1) is 7.66. The Morgan fingerprint density at radius 3 is 2.62 bits per heavy atom. The first-order valence-corrected chi connectivity index (χ1v) is 5.67. The van der Waals surface area contributed by atoms with Gasteiger partial charge in [-0.15, -0.1) is 0 Å². The van der Waals surface area contributed by atoms with Gasteiger partial charge >= 0.3 is 6.09 Å². The molecule has 2 unspecified atom stereocenters. The molecule has 16 heavy (non-hydrogen) atoms. The van der Waals surface area contributed by atoms with Crippen LogP contribution in [0.4, 0.5) is 4.79 Å². The number of cyclic esters (lactones) is 1. The standard InChI is InChI=1S/C13H17NO2/c1-3-13(2,10-7-5-4-6-8-10)11-9-14-12(15)16-11/h4-8,11H,3,9H2,1-2H3,(H,14,15). The molecular formula is C13H17NO2. The Morgan fingerprint density at radius 2 is 2.12 bits per heavy atom. The van der Waals surface area contributed by atoms with Gasteiger partial charge in [-0.1, -0.05) is 44.2 Å². The number of hydrogen-bond donors (Lipinski definition) is 1. The van der Waals surface area contributed by atoms with Crippen molar-refractivity contribution in [2.45, 2.75) is 31.8 Å². The fourth-order valence-electron chi connectivity index (χ4n) is 2.18. The summed E-state index contributed by atoms with van der Waals surface area (Å²) in [6, 6.07) is 10.2. The van der Waals surface area contributed by atoms with E-state index in [0.717, 1.165) is 6.42 Å². The first kappa shape index (κ1) is 11.0. The number of carbonyl (C=O) groups is 1. The number of rotatable bonds is 3. The smallest absolute Gasteiger partial charge is 0.407 e. The molecule has 0 radical (unpaired) electrons. The molecule has 0 bridgehead atoms. The van der Waals surface area contributed by atoms with Gasteiger partial charge in [-0.25, -0.2) is 4.79 Å². The Morgan fingerprint density at radius 1 is 1.44 bits per heavy atom. The van der Waals surface area contributed by atoms with Crippen molar-refractivity contribution in [2.75, 3.05) is 6.54 Å². The van der Waals surface area contributed by atoms with Crippen LogP contribution >= 0.6 is 0 Å². The second-order valence-corrected chi connectivity index (χ2v) is 4.41. The topological polar surface area (TPSA) is 38.3 Å². The quantitative estimate of drug-likeness (QED) is 0.848. The highest BCUT2D eigenvalue weighted by Gasteiger charge is 2.40. The summed E-state index contributed by atoms with van der Waals surface area (Å²) in [5.41, 5.74) is 1.11. The Hall–Kier alpha value is -1.51. The SMILES string of the molecule is CCC(C)(c1ccccc1)C1CNC(=O)O1. The molecule has 0 aromatic heterocycles. The van der Waals surface area contributed by atoms with Crippen LogP contribution in [-0.2, 0) is 10.2 Å². The number of benzene rings is 1. The van der Waals surface area contributed by atoms with E-state index in [4.69, 9.17) is 4.74 Å². The van der Waals surface area contributed by atoms with Crippen molar-refractivity contribution in [3.8, 4) is 0 Å². The van der Waals surface area contributed by atoms with Crippen LogP contribution in [0, 0.1) is 0 Å². The van der Waals surface area contributed by atoms with Gasteiger partial charge in [-0.2, -0.15) is 0 Å². The molecule has 1 aromatic carbocycles. The van der Waals surface area contributed by atoms with Crippen molar-refractivity contribution >= 4 is 6.09 Å². The molecule has 1 saturated heterocycles. The van der Waals surface area contributed by atoms with Crippen LogP contribution in [0.3, 0.4) is 0 Å². The number of ether oxygens (including phenoxy) is 1. The zero-order valence-electron chi connectivity index (χ0n) is 9.69. The van der Waals surface area contributed by atoms with E-state index in [1.165, 1.54) is 5.56 Å². The summed E-state index contributed by atoms with van der Waals surface area (Å²) in [7, 11) is 0. The molecule has 0 saturated carbocycles. The molecule has 0 aliphatic carbocycles. The molecule has 1 aromatic rings. The largest absolute Gasteiger partial charge is 0.443 e. The molecule has 2 atom stereocenters. The molecule has 1 amide bonds. The summed E-state index contributed by atoms with van der Waals surface area (Å²) < 4.78 is 5.32. The van der Waals surface area contributed by atoms with Crippen molar-refractivity contribution in [3.63, 3.8) is 0 Å². The Labute approximate surface area is 95.8 Å². The predicted molar refractivity (Wildman–Crippen MR) is 62.4 cm³/mol. The molecule has 3 nitrogen and oxygen atoms in total. The molecule has 1 N–H and O–H groups in total. The lowest BCUT2D eigenvalue weighted by molar-refractivity contribution is 0.0904. The van der Waals surface area contributed by atoms with Crippen LogP contribution in [0.25, 0.3) is 0 Å². The van der Waals surface area contributed by atoms with Crippen LogP contribution in [0.5, 0.6) is 0 Å². The number of alkyl carbamates (subject to hydrolysis) is 1. The normalized spacial score (nSPS) is 23.4. The highest BCUT2D eigenvalue weighted by molar-refractivity contribution is 5.69. The lowest BCUT2D eigenvalue weighted by Gasteiger charge is -2.33. The maximum absolute atomic E-state index is 11.1. The number of carbonyl (C=O) groups excluding carboxylic acids is 1. The summed E-state index contributed by atoms with van der Waals surface area (Å²) in [4.78, 5) is 11.1. The molecule has 1 heterocycles. The summed E-state index contributed by atoms with van der Waals surface area (Å²) in [5.74, 6) is 0. The maximum Gasteiger partial charge on any atom is 0.407 e. The fraction of sp³-hybridized carbons (Fsp3) is 0.462. The summed E-state index contributed by atoms with van der Waals surface area (Å²) in [6.45, 7) is 4.87. The van der Waals surface area contributed by atoms with Crippen molar-refractivity contribution in [1.82, 2.24) is 5.32 Å². The van der Waals surface area contributed by atoms with Crippen LogP contribution in [0.1, 0.15) is 25.8 Å². The molecule has 2 rings (SSSR count). The average Bonchev–Trinajstić information content (AvgIpc) is 2.76. The summed E-state index contributed by atoms with van der Waals surface area (Å²) in [5, 5.41) is 2.72. The van der Waals surface area contributed by atoms with Gasteiger partial charge in [0.2, 0.25) is 0 Å². The van der Waals surface area contributed by atoms with E-state index in [0.29, 0.717) is 6.54 Å². The van der Waals surface area contributed by atoms with Crippen LogP contribution in [0.2, 0.25) is 0 Å². The van der Waals surface area contributed by atoms with E-state index >= 15 is 0 Å². The third-order valence-electron chi connectivity index (χ3n) is 3.56. The third-order valence-corrected chi connectivity index (χ3v) is 3.56. The van der Waals surface area contributed by atoms with Gasteiger partial charge in [0.15, 0.2) is 0 Å². The second-order valence-electron chi connectivity index (χ2n) is 4.41. The lowest BCUT2D eigenvalue weighted by Crippen LogP contribution is -2.38. The van der Waals surface area contributed by atoms with Gasteiger partial charge in [-0.3, -0.25) is 0 Å². The van der Waals surface area contributed by atoms with Gasteiger partial charge in [0.1, 0.15) is 6.10 Å².